The SMILES string of the molecule is CC(=O)Nc1ccc(NC(=O)[C@@H](C)OC(=O)[C@H](C)NC(=O)/C=C/c2ccccc2)cc1. The molecule has 0 bridgehead atoms. The van der Waals surface area contributed by atoms with Crippen LogP contribution >= 0.6 is 0 Å². The average Bonchev–Trinajstić information content (AvgIpc) is 2.73. The zero-order valence-corrected chi connectivity index (χ0v) is 17.5. The van der Waals surface area contributed by atoms with Gasteiger partial charge in [-0.25, -0.2) is 4.79 Å². The number of carbonyl (C=O) groups is 4. The summed E-state index contributed by atoms with van der Waals surface area (Å²) in [6, 6.07) is 14.8. The quantitative estimate of drug-likeness (QED) is 0.446. The van der Waals surface area contributed by atoms with Crippen molar-refractivity contribution >= 4 is 41.1 Å². The average molecular weight is 423 g/mol. The molecule has 0 saturated carbocycles. The van der Waals surface area contributed by atoms with Gasteiger partial charge in [0.1, 0.15) is 6.04 Å². The molecule has 2 atom stereocenters. The highest BCUT2D eigenvalue weighted by molar-refractivity contribution is 5.97. The maximum Gasteiger partial charge on any atom is 0.329 e. The Morgan fingerprint density at radius 2 is 1.45 bits per heavy atom. The fourth-order valence-corrected chi connectivity index (χ4v) is 2.47. The van der Waals surface area contributed by atoms with Crippen LogP contribution in [0.2, 0.25) is 0 Å². The highest BCUT2D eigenvalue weighted by Crippen LogP contribution is 2.14. The fourth-order valence-electron chi connectivity index (χ4n) is 2.47. The summed E-state index contributed by atoms with van der Waals surface area (Å²) < 4.78 is 5.14. The first-order valence-corrected chi connectivity index (χ1v) is 9.67. The summed E-state index contributed by atoms with van der Waals surface area (Å²) in [4.78, 5) is 47.5. The van der Waals surface area contributed by atoms with Crippen LogP contribution in [-0.2, 0) is 23.9 Å². The summed E-state index contributed by atoms with van der Waals surface area (Å²) in [5.74, 6) is -1.91. The summed E-state index contributed by atoms with van der Waals surface area (Å²) in [6.45, 7) is 4.30. The van der Waals surface area contributed by atoms with Crippen molar-refractivity contribution in [2.24, 2.45) is 0 Å². The Bertz CT molecular complexity index is 955. The van der Waals surface area contributed by atoms with Gasteiger partial charge in [0.2, 0.25) is 11.8 Å². The Hall–Kier alpha value is -3.94. The van der Waals surface area contributed by atoms with Gasteiger partial charge in [0, 0.05) is 24.4 Å². The van der Waals surface area contributed by atoms with Gasteiger partial charge in [-0.3, -0.25) is 14.4 Å². The molecule has 8 nitrogen and oxygen atoms in total. The zero-order valence-electron chi connectivity index (χ0n) is 17.5. The van der Waals surface area contributed by atoms with E-state index in [0.29, 0.717) is 11.4 Å². The number of carbonyl (C=O) groups excluding carboxylic acids is 4. The minimum atomic E-state index is -1.07. The number of amides is 3. The number of nitrogens with one attached hydrogen (secondary N) is 3. The van der Waals surface area contributed by atoms with Crippen molar-refractivity contribution in [3.05, 3.63) is 66.2 Å². The third-order valence-electron chi connectivity index (χ3n) is 4.07. The monoisotopic (exact) mass is 423 g/mol. The van der Waals surface area contributed by atoms with Crippen molar-refractivity contribution in [2.75, 3.05) is 10.6 Å². The predicted octanol–water partition coefficient (Wildman–Crippen LogP) is 2.73. The number of benzene rings is 2. The van der Waals surface area contributed by atoms with Crippen molar-refractivity contribution in [2.45, 2.75) is 32.9 Å². The standard InChI is InChI=1S/C23H25N3O5/c1-15(24-21(28)14-9-18-7-5-4-6-8-18)23(30)31-16(2)22(29)26-20-12-10-19(11-13-20)25-17(3)27/h4-16H,1-3H3,(H,24,28)(H,25,27)(H,26,29)/b14-9+/t15-,16+/m0/s1. The van der Waals surface area contributed by atoms with Crippen LogP contribution in [0.4, 0.5) is 11.4 Å². The molecule has 3 N–H and O–H groups in total. The third-order valence-corrected chi connectivity index (χ3v) is 4.07. The van der Waals surface area contributed by atoms with E-state index in [1.807, 2.05) is 30.3 Å². The first kappa shape index (κ1) is 23.3. The van der Waals surface area contributed by atoms with E-state index < -0.39 is 29.9 Å². The Morgan fingerprint density at radius 1 is 0.871 bits per heavy atom. The number of anilines is 2. The van der Waals surface area contributed by atoms with Crippen LogP contribution in [0.1, 0.15) is 26.3 Å². The van der Waals surface area contributed by atoms with Gasteiger partial charge in [0.05, 0.1) is 0 Å². The Labute approximate surface area is 180 Å². The van der Waals surface area contributed by atoms with E-state index in [1.165, 1.54) is 26.8 Å². The molecule has 0 spiro atoms. The molecule has 31 heavy (non-hydrogen) atoms. The lowest BCUT2D eigenvalue weighted by atomic mass is 10.2. The van der Waals surface area contributed by atoms with Gasteiger partial charge in [-0.2, -0.15) is 0 Å². The second kappa shape index (κ2) is 11.3. The van der Waals surface area contributed by atoms with Gasteiger partial charge in [0.25, 0.3) is 5.91 Å². The highest BCUT2D eigenvalue weighted by Gasteiger charge is 2.22. The summed E-state index contributed by atoms with van der Waals surface area (Å²) >= 11 is 0. The molecule has 0 saturated heterocycles. The van der Waals surface area contributed by atoms with Crippen molar-refractivity contribution in [1.82, 2.24) is 5.32 Å². The lowest BCUT2D eigenvalue weighted by Crippen LogP contribution is -2.41. The Morgan fingerprint density at radius 3 is 2.03 bits per heavy atom. The van der Waals surface area contributed by atoms with Crippen molar-refractivity contribution < 1.29 is 23.9 Å². The molecule has 0 aliphatic heterocycles. The predicted molar refractivity (Wildman–Crippen MR) is 118 cm³/mol. The smallest absolute Gasteiger partial charge is 0.329 e. The Balaban J connectivity index is 1.81. The lowest BCUT2D eigenvalue weighted by Gasteiger charge is -2.17. The molecule has 2 aromatic carbocycles. The molecule has 162 valence electrons. The van der Waals surface area contributed by atoms with Crippen LogP contribution in [0.15, 0.2) is 60.7 Å². The second-order valence-electron chi connectivity index (χ2n) is 6.80. The molecular formula is C23H25N3O5. The molecule has 0 aliphatic carbocycles. The number of ether oxygens (including phenoxy) is 1. The lowest BCUT2D eigenvalue weighted by molar-refractivity contribution is -0.155. The number of rotatable bonds is 8. The first-order valence-electron chi connectivity index (χ1n) is 9.67. The second-order valence-corrected chi connectivity index (χ2v) is 6.80. The summed E-state index contributed by atoms with van der Waals surface area (Å²) in [6.07, 6.45) is 1.88. The molecule has 0 aromatic heterocycles. The molecule has 0 fully saturated rings. The Kier molecular flexibility index (Phi) is 8.51. The molecule has 8 heteroatoms. The zero-order chi connectivity index (χ0) is 22.8. The molecule has 2 aromatic rings. The van der Waals surface area contributed by atoms with Crippen molar-refractivity contribution in [3.8, 4) is 0 Å². The van der Waals surface area contributed by atoms with Crippen molar-refractivity contribution in [1.29, 1.82) is 0 Å². The van der Waals surface area contributed by atoms with Gasteiger partial charge < -0.3 is 20.7 Å². The number of hydrogen-bond donors (Lipinski definition) is 3. The van der Waals surface area contributed by atoms with Gasteiger partial charge in [-0.05, 0) is 49.8 Å². The van der Waals surface area contributed by atoms with Crippen LogP contribution in [0.25, 0.3) is 6.08 Å². The van der Waals surface area contributed by atoms with E-state index >= 15 is 0 Å². The molecule has 2 rings (SSSR count). The highest BCUT2D eigenvalue weighted by atomic mass is 16.5. The number of hydrogen-bond acceptors (Lipinski definition) is 5. The van der Waals surface area contributed by atoms with Gasteiger partial charge in [-0.15, -0.1) is 0 Å². The van der Waals surface area contributed by atoms with Crippen LogP contribution < -0.4 is 16.0 Å². The minimum absolute atomic E-state index is 0.200. The van der Waals surface area contributed by atoms with Crippen molar-refractivity contribution in [3.63, 3.8) is 0 Å². The molecule has 0 heterocycles. The largest absolute Gasteiger partial charge is 0.451 e. The minimum Gasteiger partial charge on any atom is -0.451 e. The van der Waals surface area contributed by atoms with Crippen LogP contribution in [0.5, 0.6) is 0 Å². The van der Waals surface area contributed by atoms with E-state index in [0.717, 1.165) is 5.56 Å². The van der Waals surface area contributed by atoms with Gasteiger partial charge >= 0.3 is 5.97 Å². The summed E-state index contributed by atoms with van der Waals surface area (Å²) in [5.41, 5.74) is 1.92. The third kappa shape index (κ3) is 8.14. The van der Waals surface area contributed by atoms with Crippen LogP contribution in [0, 0.1) is 0 Å². The maximum absolute atomic E-state index is 12.3. The van der Waals surface area contributed by atoms with Crippen LogP contribution in [-0.4, -0.2) is 35.8 Å². The van der Waals surface area contributed by atoms with Crippen LogP contribution in [0.3, 0.4) is 0 Å². The van der Waals surface area contributed by atoms with E-state index in [1.54, 1.807) is 30.3 Å². The molecule has 0 aliphatic rings. The van der Waals surface area contributed by atoms with E-state index in [-0.39, 0.29) is 5.91 Å². The van der Waals surface area contributed by atoms with E-state index in [9.17, 15) is 19.2 Å². The fraction of sp³-hybridized carbons (Fsp3) is 0.217. The molecular weight excluding hydrogens is 398 g/mol. The van der Waals surface area contributed by atoms with Gasteiger partial charge in [0.15, 0.2) is 6.10 Å². The van der Waals surface area contributed by atoms with E-state index in [2.05, 4.69) is 16.0 Å². The first-order chi connectivity index (χ1) is 14.7. The molecule has 0 unspecified atom stereocenters. The van der Waals surface area contributed by atoms with E-state index in [4.69, 9.17) is 4.74 Å². The molecule has 3 amide bonds. The normalized spacial score (nSPS) is 12.5. The maximum atomic E-state index is 12.3. The summed E-state index contributed by atoms with van der Waals surface area (Å²) in [5, 5.41) is 7.74. The van der Waals surface area contributed by atoms with Gasteiger partial charge in [-0.1, -0.05) is 30.3 Å². The topological polar surface area (TPSA) is 114 Å². The number of esters is 1. The summed E-state index contributed by atoms with van der Waals surface area (Å²) in [7, 11) is 0. The molecule has 0 radical (unpaired) electrons.